The second kappa shape index (κ2) is 11.8. The highest BCUT2D eigenvalue weighted by molar-refractivity contribution is 6.12. The minimum atomic E-state index is 0.0764. The predicted molar refractivity (Wildman–Crippen MR) is 205 cm³/mol. The number of rotatable bonds is 4. The predicted octanol–water partition coefficient (Wildman–Crippen LogP) is 11.0. The van der Waals surface area contributed by atoms with Crippen LogP contribution in [0.4, 0.5) is 0 Å². The zero-order valence-corrected chi connectivity index (χ0v) is 27.7. The number of hydrogen-bond acceptors (Lipinski definition) is 3. The Kier molecular flexibility index (Phi) is 6.92. The van der Waals surface area contributed by atoms with Crippen LogP contribution in [-0.4, -0.2) is 9.13 Å². The van der Waals surface area contributed by atoms with Crippen LogP contribution < -0.4 is 0 Å². The van der Waals surface area contributed by atoms with E-state index in [0.29, 0.717) is 16.7 Å². The average Bonchev–Trinajstić information content (AvgIpc) is 3.70. The molecule has 2 heterocycles. The Morgan fingerprint density at radius 2 is 1.24 bits per heavy atom. The maximum atomic E-state index is 9.99. The van der Waals surface area contributed by atoms with Crippen molar-refractivity contribution in [1.82, 2.24) is 9.13 Å². The molecule has 0 aliphatic heterocycles. The molecule has 2 unspecified atom stereocenters. The molecule has 0 radical (unpaired) electrons. The highest BCUT2D eigenvalue weighted by Gasteiger charge is 2.24. The zero-order chi connectivity index (χ0) is 34.6. The highest BCUT2D eigenvalue weighted by Crippen LogP contribution is 2.41. The van der Waals surface area contributed by atoms with E-state index in [1.165, 1.54) is 0 Å². The van der Waals surface area contributed by atoms with Gasteiger partial charge in [0.05, 0.1) is 57.7 Å². The smallest absolute Gasteiger partial charge is 0.0998 e. The number of nitrogens with zero attached hydrogens (tertiary/aromatic N) is 5. The fourth-order valence-corrected chi connectivity index (χ4v) is 7.90. The molecular weight excluding hydrogens is 623 g/mol. The third-order valence-corrected chi connectivity index (χ3v) is 10.3. The van der Waals surface area contributed by atoms with Crippen molar-refractivity contribution in [3.8, 4) is 35.0 Å². The van der Waals surface area contributed by atoms with Crippen LogP contribution in [0.15, 0.2) is 146 Å². The van der Waals surface area contributed by atoms with Gasteiger partial charge < -0.3 is 9.13 Å². The molecule has 9 rings (SSSR count). The number of allylic oxidation sites excluding steroid dienone is 4. The summed E-state index contributed by atoms with van der Waals surface area (Å²) in [6, 6.07) is 49.9. The van der Waals surface area contributed by atoms with Gasteiger partial charge in [0.2, 0.25) is 0 Å². The minimum absolute atomic E-state index is 0.0764. The molecule has 5 nitrogen and oxygen atoms in total. The number of nitriles is 3. The Morgan fingerprint density at radius 1 is 0.569 bits per heavy atom. The van der Waals surface area contributed by atoms with E-state index < -0.39 is 0 Å². The van der Waals surface area contributed by atoms with E-state index in [2.05, 4.69) is 125 Å². The van der Waals surface area contributed by atoms with Gasteiger partial charge in [-0.05, 0) is 83.3 Å². The Hall–Kier alpha value is -7.13. The second-order valence-corrected chi connectivity index (χ2v) is 13.1. The second-order valence-electron chi connectivity index (χ2n) is 13.1. The van der Waals surface area contributed by atoms with E-state index >= 15 is 0 Å². The monoisotopic (exact) mass is 651 g/mol. The number of aromatic nitrogens is 2. The molecule has 2 atom stereocenters. The Labute approximate surface area is 295 Å². The number of benzene rings is 6. The summed E-state index contributed by atoms with van der Waals surface area (Å²) in [5.74, 6) is 0.256. The highest BCUT2D eigenvalue weighted by atomic mass is 15.0. The molecule has 2 aromatic heterocycles. The molecule has 1 aliphatic rings. The first kappa shape index (κ1) is 30.0. The normalized spacial score (nSPS) is 15.5. The molecule has 1 aliphatic carbocycles. The van der Waals surface area contributed by atoms with Gasteiger partial charge in [-0.2, -0.15) is 15.8 Å². The first-order chi connectivity index (χ1) is 25.1. The van der Waals surface area contributed by atoms with Crippen LogP contribution in [0.1, 0.15) is 35.2 Å². The molecule has 6 aromatic carbocycles. The van der Waals surface area contributed by atoms with Gasteiger partial charge in [-0.3, -0.25) is 0 Å². The molecule has 0 saturated heterocycles. The maximum Gasteiger partial charge on any atom is 0.0998 e. The summed E-state index contributed by atoms with van der Waals surface area (Å²) in [6.07, 6.45) is 6.85. The summed E-state index contributed by atoms with van der Waals surface area (Å²) in [5, 5.41) is 33.7. The summed E-state index contributed by atoms with van der Waals surface area (Å²) >= 11 is 0. The summed E-state index contributed by atoms with van der Waals surface area (Å²) in [5.41, 5.74) is 11.2. The van der Waals surface area contributed by atoms with Crippen LogP contribution in [0.5, 0.6) is 0 Å². The van der Waals surface area contributed by atoms with Gasteiger partial charge in [0.1, 0.15) is 0 Å². The lowest BCUT2D eigenvalue weighted by Crippen LogP contribution is -2.16. The van der Waals surface area contributed by atoms with Crippen molar-refractivity contribution < 1.29 is 0 Å². The number of fused-ring (bicyclic) bond motifs is 6. The summed E-state index contributed by atoms with van der Waals surface area (Å²) in [6.45, 7) is 2.25. The number of hydrogen-bond donors (Lipinski definition) is 0. The molecule has 8 aromatic rings. The van der Waals surface area contributed by atoms with Gasteiger partial charge in [0.15, 0.2) is 0 Å². The van der Waals surface area contributed by atoms with E-state index in [-0.39, 0.29) is 12.0 Å². The first-order valence-electron chi connectivity index (χ1n) is 17.0. The van der Waals surface area contributed by atoms with Crippen LogP contribution in [0.2, 0.25) is 0 Å². The minimum Gasteiger partial charge on any atom is -0.333 e. The number of para-hydroxylation sites is 2. The van der Waals surface area contributed by atoms with E-state index in [0.717, 1.165) is 71.6 Å². The molecule has 0 saturated carbocycles. The van der Waals surface area contributed by atoms with Crippen molar-refractivity contribution in [1.29, 1.82) is 15.8 Å². The molecule has 0 amide bonds. The van der Waals surface area contributed by atoms with Crippen molar-refractivity contribution in [3.63, 3.8) is 0 Å². The average molecular weight is 652 g/mol. The first-order valence-corrected chi connectivity index (χ1v) is 17.0. The topological polar surface area (TPSA) is 81.2 Å². The standard InChI is InChI=1S/C46H29N5/c1-29-13-16-34(25-45(29)51-40-10-4-2-8-36(40)39-24-31(27-48)15-22-43(39)51)32-17-19-33(20-18-32)38-23-30(26-47)14-21-42(38)50-41-11-5-3-9-37(41)46-35(28-49)7-6-12-44(46)50/h2-25,29,45H,1H3. The zero-order valence-electron chi connectivity index (χ0n) is 27.7. The molecule has 0 spiro atoms. The van der Waals surface area contributed by atoms with Gasteiger partial charge in [0.25, 0.3) is 0 Å². The SMILES string of the molecule is CC1C=CC(c2ccc(-c3cc(C#N)ccc3-n3c4ccccc4c4c(C#N)cccc43)cc2)=CC1n1c2ccccc2c2cc(C#N)ccc21. The van der Waals surface area contributed by atoms with Crippen molar-refractivity contribution in [2.75, 3.05) is 0 Å². The fourth-order valence-electron chi connectivity index (χ4n) is 7.90. The molecule has 51 heavy (non-hydrogen) atoms. The Balaban J connectivity index is 1.16. The van der Waals surface area contributed by atoms with E-state index in [1.807, 2.05) is 54.6 Å². The van der Waals surface area contributed by atoms with Crippen molar-refractivity contribution >= 4 is 49.2 Å². The quantitative estimate of drug-likeness (QED) is 0.190. The van der Waals surface area contributed by atoms with Gasteiger partial charge >= 0.3 is 0 Å². The molecular formula is C46H29N5. The van der Waals surface area contributed by atoms with Crippen molar-refractivity contribution in [3.05, 3.63) is 168 Å². The lowest BCUT2D eigenvalue weighted by Gasteiger charge is -2.27. The van der Waals surface area contributed by atoms with E-state index in [1.54, 1.807) is 0 Å². The molecule has 5 heteroatoms. The van der Waals surface area contributed by atoms with Gasteiger partial charge in [-0.15, -0.1) is 0 Å². The van der Waals surface area contributed by atoms with Crippen LogP contribution in [0, 0.1) is 39.9 Å². The van der Waals surface area contributed by atoms with Gasteiger partial charge in [-0.25, -0.2) is 0 Å². The van der Waals surface area contributed by atoms with Gasteiger partial charge in [-0.1, -0.05) is 91.9 Å². The van der Waals surface area contributed by atoms with Crippen molar-refractivity contribution in [2.45, 2.75) is 13.0 Å². The summed E-state index contributed by atoms with van der Waals surface area (Å²) in [7, 11) is 0. The molecule has 0 bridgehead atoms. The van der Waals surface area contributed by atoms with E-state index in [9.17, 15) is 15.8 Å². The molecule has 0 N–H and O–H groups in total. The Morgan fingerprint density at radius 3 is 2.02 bits per heavy atom. The lowest BCUT2D eigenvalue weighted by atomic mass is 9.89. The summed E-state index contributed by atoms with van der Waals surface area (Å²) in [4.78, 5) is 0. The maximum absolute atomic E-state index is 9.99. The van der Waals surface area contributed by atoms with Crippen LogP contribution >= 0.6 is 0 Å². The third-order valence-electron chi connectivity index (χ3n) is 10.3. The van der Waals surface area contributed by atoms with Crippen LogP contribution in [-0.2, 0) is 0 Å². The molecule has 0 fully saturated rings. The lowest BCUT2D eigenvalue weighted by molar-refractivity contribution is 0.512. The van der Waals surface area contributed by atoms with Crippen LogP contribution in [0.25, 0.3) is 66.0 Å². The van der Waals surface area contributed by atoms with E-state index in [4.69, 9.17) is 0 Å². The fraction of sp³-hybridized carbons (Fsp3) is 0.0652. The van der Waals surface area contributed by atoms with Crippen molar-refractivity contribution in [2.24, 2.45) is 5.92 Å². The summed E-state index contributed by atoms with van der Waals surface area (Å²) < 4.78 is 4.62. The largest absolute Gasteiger partial charge is 0.333 e. The third kappa shape index (κ3) is 4.67. The van der Waals surface area contributed by atoms with Gasteiger partial charge in [0, 0.05) is 38.1 Å². The molecule has 238 valence electrons. The Bertz CT molecular complexity index is 2910. The van der Waals surface area contributed by atoms with Crippen LogP contribution in [0.3, 0.4) is 0 Å².